The van der Waals surface area contributed by atoms with Crippen LogP contribution in [-0.2, 0) is 19.7 Å². The first kappa shape index (κ1) is 34.7. The Bertz CT molecular complexity index is 1350. The lowest BCUT2D eigenvalue weighted by Crippen LogP contribution is -2.52. The van der Waals surface area contributed by atoms with Crippen molar-refractivity contribution in [3.8, 4) is 0 Å². The van der Waals surface area contributed by atoms with Crippen LogP contribution in [-0.4, -0.2) is 47.2 Å². The maximum Gasteiger partial charge on any atom is 0.408 e. The molecule has 8 nitrogen and oxygen atoms in total. The van der Waals surface area contributed by atoms with Gasteiger partial charge in [0.25, 0.3) is 0 Å². The Morgan fingerprint density at radius 3 is 2.42 bits per heavy atom. The molecule has 2 fully saturated rings. The van der Waals surface area contributed by atoms with Crippen molar-refractivity contribution in [2.45, 2.75) is 108 Å². The highest BCUT2D eigenvalue weighted by Crippen LogP contribution is 2.41. The van der Waals surface area contributed by atoms with Gasteiger partial charge in [0.2, 0.25) is 11.8 Å². The molecule has 1 saturated carbocycles. The van der Waals surface area contributed by atoms with Crippen LogP contribution in [0.3, 0.4) is 0 Å². The van der Waals surface area contributed by atoms with E-state index in [1.165, 1.54) is 12.1 Å². The van der Waals surface area contributed by atoms with Gasteiger partial charge in [-0.15, -0.1) is 0 Å². The third-order valence-corrected chi connectivity index (χ3v) is 9.46. The second kappa shape index (κ2) is 14.9. The van der Waals surface area contributed by atoms with Crippen LogP contribution >= 0.6 is 11.6 Å². The SMILES string of the molecule is CC1(C)CC(CC(CO)NC(=O)C(CC2CCCCC2)NC(=O)OC(c2cccc(F)c2)C(C)(C)c2cccc(Cl)c2)C(=O)N1. The fraction of sp³-hybridized carbons (Fsp3) is 0.571. The van der Waals surface area contributed by atoms with Crippen LogP contribution in [0.15, 0.2) is 48.5 Å². The molecule has 0 radical (unpaired) electrons. The molecule has 2 aliphatic rings. The standard InChI is InChI=1S/C35H47ClFN3O5/c1-34(2)20-24(31(42)40-34)18-28(21-41)38-32(43)29(16-22-10-6-5-7-11-22)39-33(44)45-30(23-12-8-15-27(37)17-23)35(3,4)25-13-9-14-26(36)19-25/h8-9,12-15,17,19,22,24,28-30,41H,5-7,10-11,16,18,20-21H2,1-4H3,(H,38,43)(H,39,44)(H,40,42). The lowest BCUT2D eigenvalue weighted by atomic mass is 9.76. The van der Waals surface area contributed by atoms with Gasteiger partial charge in [-0.1, -0.05) is 81.8 Å². The van der Waals surface area contributed by atoms with Gasteiger partial charge in [0.1, 0.15) is 18.0 Å². The first-order valence-electron chi connectivity index (χ1n) is 16.0. The van der Waals surface area contributed by atoms with Crippen LogP contribution in [0.1, 0.15) is 96.3 Å². The lowest BCUT2D eigenvalue weighted by Gasteiger charge is -2.35. The number of aliphatic hydroxyl groups excluding tert-OH is 1. The highest BCUT2D eigenvalue weighted by atomic mass is 35.5. The van der Waals surface area contributed by atoms with Crippen molar-refractivity contribution in [1.82, 2.24) is 16.0 Å². The maximum absolute atomic E-state index is 14.4. The molecular weight excluding hydrogens is 597 g/mol. The van der Waals surface area contributed by atoms with Crippen LogP contribution in [0.5, 0.6) is 0 Å². The summed E-state index contributed by atoms with van der Waals surface area (Å²) in [6, 6.07) is 11.6. The summed E-state index contributed by atoms with van der Waals surface area (Å²) in [4.78, 5) is 39.8. The number of ether oxygens (including phenoxy) is 1. The number of amides is 3. The fourth-order valence-corrected chi connectivity index (χ4v) is 7.01. The van der Waals surface area contributed by atoms with Crippen LogP contribution in [0.4, 0.5) is 9.18 Å². The molecule has 4 N–H and O–H groups in total. The summed E-state index contributed by atoms with van der Waals surface area (Å²) in [6.07, 6.45) is 4.74. The molecule has 10 heteroatoms. The minimum absolute atomic E-state index is 0.0983. The predicted octanol–water partition coefficient (Wildman–Crippen LogP) is 6.35. The molecule has 1 aliphatic heterocycles. The van der Waals surface area contributed by atoms with Gasteiger partial charge in [-0.2, -0.15) is 0 Å². The molecule has 45 heavy (non-hydrogen) atoms. The zero-order chi connectivity index (χ0) is 32.8. The molecule has 1 aliphatic carbocycles. The Labute approximate surface area is 270 Å². The summed E-state index contributed by atoms with van der Waals surface area (Å²) in [5.41, 5.74) is 0.0758. The molecule has 246 valence electrons. The number of hydrogen-bond acceptors (Lipinski definition) is 5. The van der Waals surface area contributed by atoms with Gasteiger partial charge in [0, 0.05) is 21.9 Å². The van der Waals surface area contributed by atoms with Crippen LogP contribution in [0.25, 0.3) is 0 Å². The van der Waals surface area contributed by atoms with Crippen molar-refractivity contribution in [3.63, 3.8) is 0 Å². The van der Waals surface area contributed by atoms with E-state index in [-0.39, 0.29) is 36.3 Å². The Kier molecular flexibility index (Phi) is 11.5. The van der Waals surface area contributed by atoms with E-state index >= 15 is 0 Å². The quantitative estimate of drug-likeness (QED) is 0.215. The summed E-state index contributed by atoms with van der Waals surface area (Å²) >= 11 is 6.29. The van der Waals surface area contributed by atoms with Gasteiger partial charge < -0.3 is 25.8 Å². The number of benzene rings is 2. The number of halogens is 2. The Morgan fingerprint density at radius 1 is 1.09 bits per heavy atom. The first-order chi connectivity index (χ1) is 21.3. The van der Waals surface area contributed by atoms with Crippen LogP contribution in [0, 0.1) is 17.7 Å². The molecule has 0 aromatic heterocycles. The largest absolute Gasteiger partial charge is 0.440 e. The molecule has 4 rings (SSSR count). The van der Waals surface area contributed by atoms with Crippen LogP contribution in [0.2, 0.25) is 5.02 Å². The minimum atomic E-state index is -0.925. The second-order valence-corrected chi connectivity index (χ2v) is 14.3. The molecule has 2 aromatic rings. The van der Waals surface area contributed by atoms with Crippen molar-refractivity contribution >= 4 is 29.5 Å². The average molecular weight is 644 g/mol. The Hall–Kier alpha value is -3.17. The minimum Gasteiger partial charge on any atom is -0.440 e. The summed E-state index contributed by atoms with van der Waals surface area (Å²) in [7, 11) is 0. The summed E-state index contributed by atoms with van der Waals surface area (Å²) in [6.45, 7) is 7.32. The maximum atomic E-state index is 14.4. The number of hydrogen-bond donors (Lipinski definition) is 4. The van der Waals surface area contributed by atoms with Gasteiger partial charge in [0.15, 0.2) is 0 Å². The van der Waals surface area contributed by atoms with Gasteiger partial charge in [0.05, 0.1) is 12.6 Å². The monoisotopic (exact) mass is 643 g/mol. The normalized spacial score (nSPS) is 20.5. The summed E-state index contributed by atoms with van der Waals surface area (Å²) in [5.74, 6) is -1.10. The molecule has 0 spiro atoms. The third-order valence-electron chi connectivity index (χ3n) is 9.23. The van der Waals surface area contributed by atoms with Gasteiger partial charge in [-0.3, -0.25) is 9.59 Å². The molecule has 4 atom stereocenters. The zero-order valence-electron chi connectivity index (χ0n) is 26.7. The molecular formula is C35H47ClFN3O5. The highest BCUT2D eigenvalue weighted by molar-refractivity contribution is 6.30. The zero-order valence-corrected chi connectivity index (χ0v) is 27.5. The summed E-state index contributed by atoms with van der Waals surface area (Å²) in [5, 5.41) is 19.3. The highest BCUT2D eigenvalue weighted by Gasteiger charge is 2.40. The molecule has 0 bridgehead atoms. The molecule has 1 heterocycles. The van der Waals surface area contributed by atoms with Gasteiger partial charge in [-0.25, -0.2) is 9.18 Å². The van der Waals surface area contributed by atoms with E-state index in [4.69, 9.17) is 16.3 Å². The van der Waals surface area contributed by atoms with Crippen LogP contribution < -0.4 is 16.0 Å². The fourth-order valence-electron chi connectivity index (χ4n) is 6.82. The van der Waals surface area contributed by atoms with E-state index in [9.17, 15) is 23.9 Å². The van der Waals surface area contributed by atoms with E-state index in [2.05, 4.69) is 16.0 Å². The lowest BCUT2D eigenvalue weighted by molar-refractivity contribution is -0.126. The number of aliphatic hydroxyl groups is 1. The smallest absolute Gasteiger partial charge is 0.408 e. The number of nitrogens with one attached hydrogen (secondary N) is 3. The molecule has 3 amide bonds. The predicted molar refractivity (Wildman–Crippen MR) is 172 cm³/mol. The van der Waals surface area contributed by atoms with E-state index in [0.29, 0.717) is 23.4 Å². The van der Waals surface area contributed by atoms with E-state index < -0.39 is 41.4 Å². The Balaban J connectivity index is 1.54. The summed E-state index contributed by atoms with van der Waals surface area (Å²) < 4.78 is 20.4. The first-order valence-corrected chi connectivity index (χ1v) is 16.4. The van der Waals surface area contributed by atoms with E-state index in [1.54, 1.807) is 30.3 Å². The van der Waals surface area contributed by atoms with Crippen molar-refractivity contribution < 1.29 is 28.6 Å². The Morgan fingerprint density at radius 2 is 1.80 bits per heavy atom. The average Bonchev–Trinajstić information content (AvgIpc) is 3.25. The number of carbonyl (C=O) groups is 3. The molecule has 1 saturated heterocycles. The number of alkyl carbamates (subject to hydrolysis) is 1. The van der Waals surface area contributed by atoms with Crippen molar-refractivity contribution in [2.75, 3.05) is 6.61 Å². The second-order valence-electron chi connectivity index (χ2n) is 13.9. The van der Waals surface area contributed by atoms with Gasteiger partial charge in [-0.05, 0) is 74.4 Å². The van der Waals surface area contributed by atoms with Crippen molar-refractivity contribution in [2.24, 2.45) is 11.8 Å². The van der Waals surface area contributed by atoms with E-state index in [1.807, 2.05) is 33.8 Å². The number of carbonyl (C=O) groups excluding carboxylic acids is 3. The van der Waals surface area contributed by atoms with Crippen molar-refractivity contribution in [1.29, 1.82) is 0 Å². The molecule has 4 unspecified atom stereocenters. The topological polar surface area (TPSA) is 117 Å². The number of rotatable bonds is 12. The van der Waals surface area contributed by atoms with Gasteiger partial charge >= 0.3 is 6.09 Å². The third kappa shape index (κ3) is 9.42. The van der Waals surface area contributed by atoms with Crippen molar-refractivity contribution in [3.05, 3.63) is 70.5 Å². The molecule has 2 aromatic carbocycles. The van der Waals surface area contributed by atoms with E-state index in [0.717, 1.165) is 37.7 Å².